The number of carbonyl (C=O) groups is 1. The summed E-state index contributed by atoms with van der Waals surface area (Å²) in [6.45, 7) is 7.03. The lowest BCUT2D eigenvalue weighted by Gasteiger charge is -2.22. The number of anilines is 1. The molecule has 0 unspecified atom stereocenters. The minimum absolute atomic E-state index is 0.232. The predicted molar refractivity (Wildman–Crippen MR) is 134 cm³/mol. The number of thiazole rings is 1. The van der Waals surface area contributed by atoms with Crippen molar-refractivity contribution in [1.29, 1.82) is 0 Å². The molecule has 0 radical (unpaired) electrons. The summed E-state index contributed by atoms with van der Waals surface area (Å²) in [6, 6.07) is 11.4. The van der Waals surface area contributed by atoms with E-state index in [2.05, 4.69) is 9.97 Å². The Balaban J connectivity index is 1.81. The highest BCUT2D eigenvalue weighted by Gasteiger charge is 2.25. The van der Waals surface area contributed by atoms with E-state index in [0.717, 1.165) is 5.56 Å². The van der Waals surface area contributed by atoms with Crippen molar-refractivity contribution in [3.05, 3.63) is 71.8 Å². The second-order valence-corrected chi connectivity index (χ2v) is 8.47. The zero-order valence-electron chi connectivity index (χ0n) is 19.8. The van der Waals surface area contributed by atoms with Crippen molar-refractivity contribution in [3.63, 3.8) is 0 Å². The van der Waals surface area contributed by atoms with Crippen molar-refractivity contribution >= 4 is 32.6 Å². The lowest BCUT2D eigenvalue weighted by molar-refractivity contribution is 0.0984. The van der Waals surface area contributed by atoms with Gasteiger partial charge in [0.05, 0.1) is 36.6 Å². The molecule has 0 spiro atoms. The third kappa shape index (κ3) is 5.51. The molecule has 0 bridgehead atoms. The highest BCUT2D eigenvalue weighted by molar-refractivity contribution is 7.22. The topological polar surface area (TPSA) is 73.8 Å². The molecular weight excluding hydrogens is 469 g/mol. The van der Waals surface area contributed by atoms with Gasteiger partial charge in [-0.3, -0.25) is 14.7 Å². The number of hydrogen-bond acceptors (Lipinski definition) is 7. The molecule has 9 heteroatoms. The van der Waals surface area contributed by atoms with Crippen LogP contribution in [0.3, 0.4) is 0 Å². The lowest BCUT2D eigenvalue weighted by atomic mass is 10.1. The normalized spacial score (nSPS) is 10.9. The SMILES string of the molecule is CCOc1cc(C(=O)N(Cc2cccnc2)c2nc3ccc(F)cc3s2)cc(OCC)c1OCC. The number of ether oxygens (including phenoxy) is 3. The van der Waals surface area contributed by atoms with E-state index in [9.17, 15) is 9.18 Å². The van der Waals surface area contributed by atoms with Gasteiger partial charge >= 0.3 is 0 Å². The van der Waals surface area contributed by atoms with E-state index >= 15 is 0 Å². The van der Waals surface area contributed by atoms with E-state index in [1.54, 1.807) is 35.5 Å². The van der Waals surface area contributed by atoms with E-state index < -0.39 is 0 Å². The fraction of sp³-hybridized carbons (Fsp3) is 0.269. The molecule has 7 nitrogen and oxygen atoms in total. The summed E-state index contributed by atoms with van der Waals surface area (Å²) in [5.41, 5.74) is 1.80. The first-order valence-electron chi connectivity index (χ1n) is 11.4. The summed E-state index contributed by atoms with van der Waals surface area (Å²) in [7, 11) is 0. The van der Waals surface area contributed by atoms with Crippen LogP contribution in [0.4, 0.5) is 9.52 Å². The Morgan fingerprint density at radius 2 is 1.71 bits per heavy atom. The number of nitrogens with zero attached hydrogens (tertiary/aromatic N) is 3. The summed E-state index contributed by atoms with van der Waals surface area (Å²) in [5, 5.41) is 0.448. The van der Waals surface area contributed by atoms with Gasteiger partial charge in [-0.2, -0.15) is 0 Å². The van der Waals surface area contributed by atoms with E-state index in [4.69, 9.17) is 14.2 Å². The van der Waals surface area contributed by atoms with Crippen LogP contribution >= 0.6 is 11.3 Å². The number of pyridine rings is 1. The summed E-state index contributed by atoms with van der Waals surface area (Å²) >= 11 is 1.25. The number of fused-ring (bicyclic) bond motifs is 1. The van der Waals surface area contributed by atoms with Gasteiger partial charge in [0.25, 0.3) is 5.91 Å². The first-order valence-corrected chi connectivity index (χ1v) is 12.2. The smallest absolute Gasteiger partial charge is 0.260 e. The van der Waals surface area contributed by atoms with Crippen LogP contribution in [0.25, 0.3) is 10.2 Å². The van der Waals surface area contributed by atoms with Crippen molar-refractivity contribution in [2.24, 2.45) is 0 Å². The van der Waals surface area contributed by atoms with Crippen molar-refractivity contribution < 1.29 is 23.4 Å². The van der Waals surface area contributed by atoms with Gasteiger partial charge in [0, 0.05) is 18.0 Å². The van der Waals surface area contributed by atoms with Crippen LogP contribution in [0, 0.1) is 5.82 Å². The molecule has 4 rings (SSSR count). The molecule has 35 heavy (non-hydrogen) atoms. The number of amides is 1. The van der Waals surface area contributed by atoms with Crippen LogP contribution in [0.15, 0.2) is 54.9 Å². The van der Waals surface area contributed by atoms with E-state index in [0.29, 0.717) is 58.0 Å². The second-order valence-electron chi connectivity index (χ2n) is 7.46. The number of aromatic nitrogens is 2. The number of halogens is 1. The maximum absolute atomic E-state index is 13.9. The molecule has 182 valence electrons. The van der Waals surface area contributed by atoms with E-state index in [1.807, 2.05) is 32.9 Å². The van der Waals surface area contributed by atoms with Gasteiger partial charge < -0.3 is 14.2 Å². The van der Waals surface area contributed by atoms with Gasteiger partial charge in [-0.15, -0.1) is 0 Å². The van der Waals surface area contributed by atoms with Crippen LogP contribution in [0.5, 0.6) is 17.2 Å². The Bertz CT molecular complexity index is 1290. The van der Waals surface area contributed by atoms with E-state index in [-0.39, 0.29) is 18.3 Å². The van der Waals surface area contributed by atoms with Crippen LogP contribution in [-0.2, 0) is 6.54 Å². The average molecular weight is 496 g/mol. The van der Waals surface area contributed by atoms with Crippen molar-refractivity contribution in [2.75, 3.05) is 24.7 Å². The Morgan fingerprint density at radius 3 is 2.34 bits per heavy atom. The van der Waals surface area contributed by atoms with Crippen LogP contribution in [0.2, 0.25) is 0 Å². The Labute approximate surface area is 207 Å². The Kier molecular flexibility index (Phi) is 7.77. The third-order valence-corrected chi connectivity index (χ3v) is 6.08. The Morgan fingerprint density at radius 1 is 1.00 bits per heavy atom. The number of rotatable bonds is 10. The predicted octanol–water partition coefficient (Wildman–Crippen LogP) is 5.87. The van der Waals surface area contributed by atoms with Gasteiger partial charge in [0.1, 0.15) is 5.82 Å². The number of carbonyl (C=O) groups excluding carboxylic acids is 1. The maximum atomic E-state index is 13.9. The molecule has 0 atom stereocenters. The molecule has 2 aromatic carbocycles. The molecule has 4 aromatic rings. The average Bonchev–Trinajstić information content (AvgIpc) is 3.27. The minimum Gasteiger partial charge on any atom is -0.490 e. The minimum atomic E-state index is -0.355. The molecule has 0 saturated heterocycles. The van der Waals surface area contributed by atoms with Gasteiger partial charge in [-0.1, -0.05) is 17.4 Å². The fourth-order valence-corrected chi connectivity index (χ4v) is 4.56. The highest BCUT2D eigenvalue weighted by Crippen LogP contribution is 2.40. The molecule has 2 heterocycles. The summed E-state index contributed by atoms with van der Waals surface area (Å²) in [6.07, 6.45) is 3.37. The quantitative estimate of drug-likeness (QED) is 0.274. The number of benzene rings is 2. The molecule has 2 aromatic heterocycles. The van der Waals surface area contributed by atoms with Crippen LogP contribution in [0.1, 0.15) is 36.7 Å². The number of hydrogen-bond donors (Lipinski definition) is 0. The summed E-state index contributed by atoms with van der Waals surface area (Å²) < 4.78 is 31.8. The monoisotopic (exact) mass is 495 g/mol. The summed E-state index contributed by atoms with van der Waals surface area (Å²) in [4.78, 5) is 24.3. The van der Waals surface area contributed by atoms with Gasteiger partial charge in [0.15, 0.2) is 16.6 Å². The molecule has 0 N–H and O–H groups in total. The second kappa shape index (κ2) is 11.1. The fourth-order valence-electron chi connectivity index (χ4n) is 3.57. The molecule has 0 aliphatic carbocycles. The molecule has 1 amide bonds. The van der Waals surface area contributed by atoms with Gasteiger partial charge in [-0.05, 0) is 62.7 Å². The van der Waals surface area contributed by atoms with Gasteiger partial charge in [-0.25, -0.2) is 9.37 Å². The first kappa shape index (κ1) is 24.4. The molecule has 0 aliphatic rings. The maximum Gasteiger partial charge on any atom is 0.260 e. The highest BCUT2D eigenvalue weighted by atomic mass is 32.1. The van der Waals surface area contributed by atoms with Crippen LogP contribution in [-0.4, -0.2) is 35.7 Å². The van der Waals surface area contributed by atoms with Crippen LogP contribution < -0.4 is 19.1 Å². The first-order chi connectivity index (χ1) is 17.0. The van der Waals surface area contributed by atoms with Crippen molar-refractivity contribution in [1.82, 2.24) is 9.97 Å². The molecule has 0 fully saturated rings. The molecular formula is C26H26FN3O4S. The summed E-state index contributed by atoms with van der Waals surface area (Å²) in [5.74, 6) is 0.653. The van der Waals surface area contributed by atoms with Crippen molar-refractivity contribution in [3.8, 4) is 17.2 Å². The van der Waals surface area contributed by atoms with Gasteiger partial charge in [0.2, 0.25) is 5.75 Å². The standard InChI is InChI=1S/C26H26FN3O4S/c1-4-32-21-12-18(13-22(33-5-2)24(21)34-6-3)25(31)30(16-17-8-7-11-28-15-17)26-29-20-10-9-19(27)14-23(20)35-26/h7-15H,4-6,16H2,1-3H3. The zero-order valence-corrected chi connectivity index (χ0v) is 20.6. The molecule has 0 aliphatic heterocycles. The van der Waals surface area contributed by atoms with E-state index in [1.165, 1.54) is 23.5 Å². The third-order valence-electron chi connectivity index (χ3n) is 5.03. The Hall–Kier alpha value is -3.72. The largest absolute Gasteiger partial charge is 0.490 e. The lowest BCUT2D eigenvalue weighted by Crippen LogP contribution is -2.30. The molecule has 0 saturated carbocycles. The van der Waals surface area contributed by atoms with Crippen molar-refractivity contribution in [2.45, 2.75) is 27.3 Å². The zero-order chi connectivity index (χ0) is 24.8.